The third kappa shape index (κ3) is 5.04. The third-order valence-corrected chi connectivity index (χ3v) is 6.69. The van der Waals surface area contributed by atoms with E-state index in [0.717, 1.165) is 42.2 Å². The summed E-state index contributed by atoms with van der Waals surface area (Å²) in [5, 5.41) is 4.41. The summed E-state index contributed by atoms with van der Waals surface area (Å²) in [4.78, 5) is 21.3. The van der Waals surface area contributed by atoms with E-state index >= 15 is 0 Å². The summed E-state index contributed by atoms with van der Waals surface area (Å²) in [6.07, 6.45) is 6.12. The van der Waals surface area contributed by atoms with Crippen LogP contribution in [0.2, 0.25) is 0 Å². The van der Waals surface area contributed by atoms with Crippen LogP contribution in [-0.4, -0.2) is 28.5 Å². The summed E-state index contributed by atoms with van der Waals surface area (Å²) in [7, 11) is 0. The van der Waals surface area contributed by atoms with Crippen molar-refractivity contribution in [3.63, 3.8) is 0 Å². The lowest BCUT2D eigenvalue weighted by atomic mass is 9.76. The molecule has 2 heterocycles. The van der Waals surface area contributed by atoms with Crippen molar-refractivity contribution in [2.24, 2.45) is 11.7 Å². The fourth-order valence-corrected chi connectivity index (χ4v) is 5.29. The van der Waals surface area contributed by atoms with Crippen LogP contribution in [0, 0.1) is 17.6 Å². The first kappa shape index (κ1) is 23.3. The molecule has 174 valence electrons. The van der Waals surface area contributed by atoms with Crippen LogP contribution < -0.4 is 15.8 Å². The molecule has 3 atom stereocenters. The molecular formula is C24H26F2N4O2S. The molecular weight excluding hydrogens is 446 g/mol. The molecule has 0 aliphatic heterocycles. The van der Waals surface area contributed by atoms with Gasteiger partial charge in [-0.2, -0.15) is 0 Å². The molecule has 4 rings (SSSR count). The van der Waals surface area contributed by atoms with Crippen LogP contribution in [0.15, 0.2) is 36.0 Å². The monoisotopic (exact) mass is 472 g/mol. The summed E-state index contributed by atoms with van der Waals surface area (Å²) in [6.45, 7) is 4.13. The van der Waals surface area contributed by atoms with Crippen molar-refractivity contribution in [2.45, 2.75) is 45.1 Å². The fraction of sp³-hybridized carbons (Fsp3) is 0.375. The highest BCUT2D eigenvalue weighted by atomic mass is 32.1. The first-order valence-corrected chi connectivity index (χ1v) is 11.8. The molecule has 1 aliphatic carbocycles. The Morgan fingerprint density at radius 3 is 2.85 bits per heavy atom. The molecule has 1 fully saturated rings. The van der Waals surface area contributed by atoms with Crippen molar-refractivity contribution >= 4 is 22.9 Å². The second-order valence-corrected chi connectivity index (χ2v) is 9.25. The van der Waals surface area contributed by atoms with Gasteiger partial charge in [-0.3, -0.25) is 9.78 Å². The highest BCUT2D eigenvalue weighted by Crippen LogP contribution is 2.38. The summed E-state index contributed by atoms with van der Waals surface area (Å²) < 4.78 is 34.4. The third-order valence-electron chi connectivity index (χ3n) is 5.83. The number of halogens is 2. The van der Waals surface area contributed by atoms with E-state index in [9.17, 15) is 13.6 Å². The number of pyridine rings is 1. The molecule has 0 unspecified atom stereocenters. The lowest BCUT2D eigenvalue weighted by Gasteiger charge is -2.32. The molecule has 6 nitrogen and oxygen atoms in total. The number of rotatable bonds is 6. The van der Waals surface area contributed by atoms with Gasteiger partial charge in [-0.05, 0) is 61.8 Å². The zero-order valence-corrected chi connectivity index (χ0v) is 19.3. The maximum atomic E-state index is 14.8. The number of ether oxygens (including phenoxy) is 1. The molecule has 1 amide bonds. The molecule has 1 aromatic carbocycles. The molecule has 0 spiro atoms. The molecule has 3 N–H and O–H groups in total. The minimum atomic E-state index is -0.838. The van der Waals surface area contributed by atoms with E-state index in [4.69, 9.17) is 10.5 Å². The highest BCUT2D eigenvalue weighted by Gasteiger charge is 2.28. The lowest BCUT2D eigenvalue weighted by molar-refractivity contribution is 0.102. The smallest absolute Gasteiger partial charge is 0.275 e. The van der Waals surface area contributed by atoms with Crippen molar-refractivity contribution < 1.29 is 18.3 Å². The van der Waals surface area contributed by atoms with Gasteiger partial charge in [0, 0.05) is 17.6 Å². The van der Waals surface area contributed by atoms with E-state index < -0.39 is 17.5 Å². The topological polar surface area (TPSA) is 90.1 Å². The number of benzene rings is 1. The van der Waals surface area contributed by atoms with Crippen molar-refractivity contribution in [3.05, 3.63) is 58.9 Å². The van der Waals surface area contributed by atoms with Gasteiger partial charge in [0.1, 0.15) is 16.5 Å². The standard InChI is InChI=1S/C24H26F2N4O2S/c1-3-32-20-5-4-17(25)21(22(20)26)24-30-19(12-33-24)23(31)29-18-11-28-7-6-16(18)14-8-13(2)9-15(27)10-14/h4-7,11-15H,3,8-10,27H2,1-2H3,(H,29,31)/t13-,14+,15+/m0/s1. The van der Waals surface area contributed by atoms with E-state index in [1.807, 2.05) is 6.07 Å². The van der Waals surface area contributed by atoms with Crippen LogP contribution in [0.4, 0.5) is 14.5 Å². The normalized spacial score (nSPS) is 20.5. The minimum Gasteiger partial charge on any atom is -0.491 e. The van der Waals surface area contributed by atoms with Crippen molar-refractivity contribution in [1.29, 1.82) is 0 Å². The molecule has 1 aliphatic rings. The highest BCUT2D eigenvalue weighted by molar-refractivity contribution is 7.13. The van der Waals surface area contributed by atoms with Gasteiger partial charge in [0.25, 0.3) is 5.91 Å². The average Bonchev–Trinajstić information content (AvgIpc) is 3.25. The van der Waals surface area contributed by atoms with Crippen LogP contribution in [0.3, 0.4) is 0 Å². The Bertz CT molecular complexity index is 1140. The number of carbonyl (C=O) groups is 1. The molecule has 1 saturated carbocycles. The summed E-state index contributed by atoms with van der Waals surface area (Å²) >= 11 is 0.990. The average molecular weight is 473 g/mol. The molecule has 3 aromatic rings. The number of amides is 1. The first-order valence-electron chi connectivity index (χ1n) is 10.9. The van der Waals surface area contributed by atoms with Crippen molar-refractivity contribution in [1.82, 2.24) is 9.97 Å². The van der Waals surface area contributed by atoms with Crippen LogP contribution in [0.25, 0.3) is 10.6 Å². The summed E-state index contributed by atoms with van der Waals surface area (Å²) in [5.74, 6) is -1.42. The quantitative estimate of drug-likeness (QED) is 0.504. The van der Waals surface area contributed by atoms with Gasteiger partial charge < -0.3 is 15.8 Å². The van der Waals surface area contributed by atoms with Crippen LogP contribution in [-0.2, 0) is 0 Å². The zero-order valence-electron chi connectivity index (χ0n) is 18.5. The second-order valence-electron chi connectivity index (χ2n) is 8.39. The lowest BCUT2D eigenvalue weighted by Crippen LogP contribution is -2.31. The number of anilines is 1. The summed E-state index contributed by atoms with van der Waals surface area (Å²) in [5.41, 5.74) is 7.57. The first-order chi connectivity index (χ1) is 15.9. The minimum absolute atomic E-state index is 0.0602. The van der Waals surface area contributed by atoms with Gasteiger partial charge in [0.2, 0.25) is 0 Å². The van der Waals surface area contributed by atoms with Gasteiger partial charge in [-0.25, -0.2) is 13.8 Å². The number of nitrogens with two attached hydrogens (primary N) is 1. The number of nitrogens with zero attached hydrogens (tertiary/aromatic N) is 2. The number of hydrogen-bond acceptors (Lipinski definition) is 6. The molecule has 0 saturated heterocycles. The maximum absolute atomic E-state index is 14.8. The van der Waals surface area contributed by atoms with Gasteiger partial charge in [-0.15, -0.1) is 11.3 Å². The Hall–Kier alpha value is -2.91. The number of aromatic nitrogens is 2. The largest absolute Gasteiger partial charge is 0.491 e. The van der Waals surface area contributed by atoms with Gasteiger partial charge >= 0.3 is 0 Å². The van der Waals surface area contributed by atoms with Crippen LogP contribution in [0.1, 0.15) is 55.1 Å². The second kappa shape index (κ2) is 9.93. The van der Waals surface area contributed by atoms with E-state index in [-0.39, 0.29) is 40.6 Å². The van der Waals surface area contributed by atoms with Crippen molar-refractivity contribution in [2.75, 3.05) is 11.9 Å². The van der Waals surface area contributed by atoms with Crippen LogP contribution in [0.5, 0.6) is 5.75 Å². The Morgan fingerprint density at radius 2 is 2.09 bits per heavy atom. The SMILES string of the molecule is CCOc1ccc(F)c(-c2nc(C(=O)Nc3cnccc3[C@@H]3C[C@H](C)C[C@@H](N)C3)cs2)c1F. The van der Waals surface area contributed by atoms with E-state index in [0.29, 0.717) is 11.6 Å². The number of thiazole rings is 1. The Balaban J connectivity index is 1.57. The molecule has 33 heavy (non-hydrogen) atoms. The summed E-state index contributed by atoms with van der Waals surface area (Å²) in [6, 6.07) is 4.39. The Labute approximate surface area is 195 Å². The predicted octanol–water partition coefficient (Wildman–Crippen LogP) is 5.37. The van der Waals surface area contributed by atoms with Gasteiger partial charge in [-0.1, -0.05) is 6.92 Å². The van der Waals surface area contributed by atoms with E-state index in [2.05, 4.69) is 22.2 Å². The van der Waals surface area contributed by atoms with Gasteiger partial charge in [0.15, 0.2) is 11.6 Å². The number of carbonyl (C=O) groups excluding carboxylic acids is 1. The molecule has 0 radical (unpaired) electrons. The van der Waals surface area contributed by atoms with Crippen molar-refractivity contribution in [3.8, 4) is 16.3 Å². The molecule has 0 bridgehead atoms. The number of nitrogens with one attached hydrogen (secondary N) is 1. The van der Waals surface area contributed by atoms with E-state index in [1.165, 1.54) is 11.4 Å². The van der Waals surface area contributed by atoms with Crippen LogP contribution >= 0.6 is 11.3 Å². The predicted molar refractivity (Wildman–Crippen MR) is 125 cm³/mol. The van der Waals surface area contributed by atoms with E-state index in [1.54, 1.807) is 19.3 Å². The molecule has 2 aromatic heterocycles. The van der Waals surface area contributed by atoms with Gasteiger partial charge in [0.05, 0.1) is 24.1 Å². The fourth-order valence-electron chi connectivity index (χ4n) is 4.45. The maximum Gasteiger partial charge on any atom is 0.275 e. The molecule has 9 heteroatoms. The zero-order chi connectivity index (χ0) is 23.5. The number of hydrogen-bond donors (Lipinski definition) is 2. The Kier molecular flexibility index (Phi) is 6.99. The Morgan fingerprint density at radius 1 is 1.27 bits per heavy atom.